The summed E-state index contributed by atoms with van der Waals surface area (Å²) in [7, 11) is 1.56. The van der Waals surface area contributed by atoms with Gasteiger partial charge in [0.1, 0.15) is 11.9 Å². The molecule has 0 aliphatic heterocycles. The average Bonchev–Trinajstić information content (AvgIpc) is 2.33. The molecule has 4 heteroatoms. The minimum Gasteiger partial charge on any atom is -0.374 e. The molecule has 2 atom stereocenters. The van der Waals surface area contributed by atoms with Gasteiger partial charge in [0.15, 0.2) is 0 Å². The summed E-state index contributed by atoms with van der Waals surface area (Å²) in [6.07, 6.45) is -0.606. The standard InChI is InChI=1S/C13H20FNO2/c1-4-15-9-17-10(2)13(16-3)11-7-5-6-8-12(11)14/h5-8,10,13,15H,4,9H2,1-3H3. The predicted octanol–water partition coefficient (Wildman–Crippen LogP) is 2.49. The van der Waals surface area contributed by atoms with Crippen molar-refractivity contribution in [3.05, 3.63) is 35.6 Å². The van der Waals surface area contributed by atoms with Gasteiger partial charge in [-0.2, -0.15) is 0 Å². The van der Waals surface area contributed by atoms with Crippen LogP contribution in [0.5, 0.6) is 0 Å². The van der Waals surface area contributed by atoms with Crippen molar-refractivity contribution in [3.63, 3.8) is 0 Å². The summed E-state index contributed by atoms with van der Waals surface area (Å²) in [6.45, 7) is 5.15. The van der Waals surface area contributed by atoms with E-state index in [0.717, 1.165) is 6.54 Å². The Kier molecular flexibility index (Phi) is 6.11. The number of nitrogens with one attached hydrogen (secondary N) is 1. The molecule has 0 saturated carbocycles. The second-order valence-electron chi connectivity index (χ2n) is 3.80. The van der Waals surface area contributed by atoms with E-state index in [-0.39, 0.29) is 11.9 Å². The zero-order chi connectivity index (χ0) is 12.7. The lowest BCUT2D eigenvalue weighted by Crippen LogP contribution is -2.27. The Labute approximate surface area is 102 Å². The second-order valence-corrected chi connectivity index (χ2v) is 3.80. The van der Waals surface area contributed by atoms with Gasteiger partial charge in [-0.25, -0.2) is 4.39 Å². The van der Waals surface area contributed by atoms with Gasteiger partial charge in [-0.05, 0) is 19.5 Å². The van der Waals surface area contributed by atoms with Crippen LogP contribution in [0.15, 0.2) is 24.3 Å². The van der Waals surface area contributed by atoms with Crippen LogP contribution in [0.2, 0.25) is 0 Å². The van der Waals surface area contributed by atoms with E-state index in [4.69, 9.17) is 9.47 Å². The number of methoxy groups -OCH3 is 1. The first-order valence-electron chi connectivity index (χ1n) is 5.80. The molecule has 96 valence electrons. The maximum atomic E-state index is 13.6. The first-order valence-corrected chi connectivity index (χ1v) is 5.80. The topological polar surface area (TPSA) is 30.5 Å². The summed E-state index contributed by atoms with van der Waals surface area (Å²) in [5, 5.41) is 3.05. The number of benzene rings is 1. The van der Waals surface area contributed by atoms with E-state index in [1.807, 2.05) is 13.8 Å². The van der Waals surface area contributed by atoms with Crippen LogP contribution in [0.3, 0.4) is 0 Å². The number of hydrogen-bond acceptors (Lipinski definition) is 3. The number of rotatable bonds is 7. The summed E-state index contributed by atoms with van der Waals surface area (Å²) in [5.74, 6) is -0.266. The predicted molar refractivity (Wildman–Crippen MR) is 65.2 cm³/mol. The van der Waals surface area contributed by atoms with Crippen molar-refractivity contribution in [3.8, 4) is 0 Å². The average molecular weight is 241 g/mol. The van der Waals surface area contributed by atoms with Crippen LogP contribution in [-0.2, 0) is 9.47 Å². The van der Waals surface area contributed by atoms with Crippen molar-refractivity contribution in [1.29, 1.82) is 0 Å². The fourth-order valence-corrected chi connectivity index (χ4v) is 1.66. The highest BCUT2D eigenvalue weighted by Crippen LogP contribution is 2.24. The van der Waals surface area contributed by atoms with Crippen LogP contribution in [0, 0.1) is 5.82 Å². The Morgan fingerprint density at radius 3 is 2.65 bits per heavy atom. The molecule has 1 aromatic rings. The summed E-state index contributed by atoms with van der Waals surface area (Å²) in [4.78, 5) is 0. The summed E-state index contributed by atoms with van der Waals surface area (Å²) < 4.78 is 24.5. The van der Waals surface area contributed by atoms with Gasteiger partial charge in [0, 0.05) is 12.7 Å². The Balaban J connectivity index is 2.67. The minimum atomic E-state index is -0.394. The molecular formula is C13H20FNO2. The Morgan fingerprint density at radius 1 is 1.35 bits per heavy atom. The highest BCUT2D eigenvalue weighted by molar-refractivity contribution is 5.20. The van der Waals surface area contributed by atoms with Crippen molar-refractivity contribution in [2.45, 2.75) is 26.1 Å². The Hall–Kier alpha value is -0.970. The van der Waals surface area contributed by atoms with Crippen LogP contribution in [0.25, 0.3) is 0 Å². The lowest BCUT2D eigenvalue weighted by atomic mass is 10.0. The van der Waals surface area contributed by atoms with Crippen molar-refractivity contribution in [2.24, 2.45) is 0 Å². The van der Waals surface area contributed by atoms with Crippen molar-refractivity contribution < 1.29 is 13.9 Å². The van der Waals surface area contributed by atoms with Crippen LogP contribution < -0.4 is 5.32 Å². The van der Waals surface area contributed by atoms with Gasteiger partial charge in [-0.3, -0.25) is 5.32 Å². The molecule has 0 aliphatic rings. The van der Waals surface area contributed by atoms with Crippen molar-refractivity contribution in [1.82, 2.24) is 5.32 Å². The van der Waals surface area contributed by atoms with Gasteiger partial charge in [-0.1, -0.05) is 25.1 Å². The third-order valence-electron chi connectivity index (χ3n) is 2.59. The molecule has 0 bridgehead atoms. The third-order valence-corrected chi connectivity index (χ3v) is 2.59. The van der Waals surface area contributed by atoms with E-state index in [9.17, 15) is 4.39 Å². The van der Waals surface area contributed by atoms with E-state index < -0.39 is 6.10 Å². The quantitative estimate of drug-likeness (QED) is 0.587. The van der Waals surface area contributed by atoms with Gasteiger partial charge in [0.05, 0.1) is 12.8 Å². The largest absolute Gasteiger partial charge is 0.374 e. The van der Waals surface area contributed by atoms with E-state index in [1.54, 1.807) is 25.3 Å². The van der Waals surface area contributed by atoms with Crippen LogP contribution in [-0.4, -0.2) is 26.5 Å². The number of halogens is 1. The molecule has 2 unspecified atom stereocenters. The van der Waals surface area contributed by atoms with Crippen LogP contribution in [0.4, 0.5) is 4.39 Å². The molecule has 1 N–H and O–H groups in total. The van der Waals surface area contributed by atoms with Crippen LogP contribution >= 0.6 is 0 Å². The number of ether oxygens (including phenoxy) is 2. The lowest BCUT2D eigenvalue weighted by Gasteiger charge is -2.23. The molecule has 0 heterocycles. The lowest BCUT2D eigenvalue weighted by molar-refractivity contribution is -0.0552. The van der Waals surface area contributed by atoms with Crippen molar-refractivity contribution >= 4 is 0 Å². The first kappa shape index (κ1) is 14.1. The molecule has 0 saturated heterocycles. The molecule has 1 rings (SSSR count). The zero-order valence-electron chi connectivity index (χ0n) is 10.6. The van der Waals surface area contributed by atoms with E-state index in [2.05, 4.69) is 5.32 Å². The van der Waals surface area contributed by atoms with Crippen molar-refractivity contribution in [2.75, 3.05) is 20.4 Å². The second kappa shape index (κ2) is 7.37. The smallest absolute Gasteiger partial charge is 0.129 e. The molecule has 0 aliphatic carbocycles. The SMILES string of the molecule is CCNCOC(C)C(OC)c1ccccc1F. The Morgan fingerprint density at radius 2 is 2.06 bits per heavy atom. The monoisotopic (exact) mass is 241 g/mol. The third kappa shape index (κ3) is 4.07. The molecule has 0 fully saturated rings. The Bertz CT molecular complexity index is 333. The van der Waals surface area contributed by atoms with E-state index >= 15 is 0 Å². The van der Waals surface area contributed by atoms with E-state index in [1.165, 1.54) is 6.07 Å². The van der Waals surface area contributed by atoms with Gasteiger partial charge < -0.3 is 9.47 Å². The van der Waals surface area contributed by atoms with Gasteiger partial charge in [0.25, 0.3) is 0 Å². The molecule has 3 nitrogen and oxygen atoms in total. The molecule has 0 spiro atoms. The molecular weight excluding hydrogens is 221 g/mol. The molecule has 17 heavy (non-hydrogen) atoms. The molecule has 0 aromatic heterocycles. The van der Waals surface area contributed by atoms with Crippen LogP contribution in [0.1, 0.15) is 25.5 Å². The fourth-order valence-electron chi connectivity index (χ4n) is 1.66. The van der Waals surface area contributed by atoms with Gasteiger partial charge in [-0.15, -0.1) is 0 Å². The fraction of sp³-hybridized carbons (Fsp3) is 0.538. The highest BCUT2D eigenvalue weighted by atomic mass is 19.1. The summed E-state index contributed by atoms with van der Waals surface area (Å²) >= 11 is 0. The van der Waals surface area contributed by atoms with E-state index in [0.29, 0.717) is 12.3 Å². The summed E-state index contributed by atoms with van der Waals surface area (Å²) in [6, 6.07) is 6.60. The van der Waals surface area contributed by atoms with Gasteiger partial charge in [0.2, 0.25) is 0 Å². The minimum absolute atomic E-state index is 0.212. The normalized spacial score (nSPS) is 14.6. The van der Waals surface area contributed by atoms with Gasteiger partial charge >= 0.3 is 0 Å². The maximum Gasteiger partial charge on any atom is 0.129 e. The summed E-state index contributed by atoms with van der Waals surface area (Å²) in [5.41, 5.74) is 0.527. The number of hydrogen-bond donors (Lipinski definition) is 1. The maximum absolute atomic E-state index is 13.6. The first-order chi connectivity index (χ1) is 8.20. The molecule has 0 radical (unpaired) electrons. The zero-order valence-corrected chi connectivity index (χ0v) is 10.6. The highest BCUT2D eigenvalue weighted by Gasteiger charge is 2.22. The molecule has 0 amide bonds. The molecule has 1 aromatic carbocycles.